The Bertz CT molecular complexity index is 853. The average molecular weight is 419 g/mol. The number of ether oxygens (including phenoxy) is 1. The summed E-state index contributed by atoms with van der Waals surface area (Å²) in [6.07, 6.45) is 3.97. The molecule has 0 unspecified atom stereocenters. The third-order valence-electron chi connectivity index (χ3n) is 4.67. The van der Waals surface area contributed by atoms with E-state index < -0.39 is 0 Å². The lowest BCUT2D eigenvalue weighted by molar-refractivity contribution is 0.0917. The molecule has 7 nitrogen and oxygen atoms in total. The summed E-state index contributed by atoms with van der Waals surface area (Å²) in [6.45, 7) is 1.82. The lowest BCUT2D eigenvalue weighted by Crippen LogP contribution is -2.35. The normalized spacial score (nSPS) is 14.2. The van der Waals surface area contributed by atoms with E-state index in [4.69, 9.17) is 14.5 Å². The number of rotatable bonds is 4. The van der Waals surface area contributed by atoms with Crippen LogP contribution < -0.4 is 0 Å². The van der Waals surface area contributed by atoms with Crippen molar-refractivity contribution in [2.24, 2.45) is 0 Å². The first-order chi connectivity index (χ1) is 12.5. The van der Waals surface area contributed by atoms with Gasteiger partial charge in [0.25, 0.3) is 0 Å². The van der Waals surface area contributed by atoms with E-state index in [1.54, 1.807) is 31.0 Å². The van der Waals surface area contributed by atoms with E-state index in [1.165, 1.54) is 0 Å². The molecular weight excluding hydrogens is 400 g/mol. The van der Waals surface area contributed by atoms with Crippen LogP contribution in [0.4, 0.5) is 4.79 Å². The summed E-state index contributed by atoms with van der Waals surface area (Å²) >= 11 is 3.28. The molecule has 0 N–H and O–H groups in total. The molecule has 1 saturated carbocycles. The second-order valence-electron chi connectivity index (χ2n) is 6.32. The zero-order valence-electron chi connectivity index (χ0n) is 14.7. The Kier molecular flexibility index (Phi) is 5.57. The number of nitrogens with zero attached hydrogens (tertiary/aromatic N) is 4. The molecule has 2 aromatic heterocycles. The Balaban J connectivity index is 1.76. The molecule has 1 aliphatic rings. The SMILES string of the molecule is Cc1noc(-c2ccc(Br)c(C#N)n2)c1COC(=O)N(C)C1CCCC1. The van der Waals surface area contributed by atoms with Crippen LogP contribution >= 0.6 is 15.9 Å². The molecule has 26 heavy (non-hydrogen) atoms. The number of pyridine rings is 1. The van der Waals surface area contributed by atoms with Gasteiger partial charge in [-0.3, -0.25) is 0 Å². The van der Waals surface area contributed by atoms with Gasteiger partial charge in [0, 0.05) is 13.1 Å². The standard InChI is InChI=1S/C18H19BrN4O3/c1-11-13(10-25-18(24)23(2)12-5-3-4-6-12)17(26-22-11)15-8-7-14(19)16(9-20)21-15/h7-8,12H,3-6,10H2,1-2H3. The van der Waals surface area contributed by atoms with Gasteiger partial charge in [-0.1, -0.05) is 18.0 Å². The third-order valence-corrected chi connectivity index (χ3v) is 5.31. The Morgan fingerprint density at radius 3 is 2.88 bits per heavy atom. The minimum absolute atomic E-state index is 0.0419. The van der Waals surface area contributed by atoms with Gasteiger partial charge >= 0.3 is 6.09 Å². The number of hydrogen-bond acceptors (Lipinski definition) is 6. The fourth-order valence-electron chi connectivity index (χ4n) is 3.08. The molecule has 0 saturated heterocycles. The maximum atomic E-state index is 12.3. The highest BCUT2D eigenvalue weighted by molar-refractivity contribution is 9.10. The first-order valence-electron chi connectivity index (χ1n) is 8.43. The van der Waals surface area contributed by atoms with Gasteiger partial charge in [0.2, 0.25) is 0 Å². The Morgan fingerprint density at radius 1 is 1.46 bits per heavy atom. The van der Waals surface area contributed by atoms with Gasteiger partial charge in [0.05, 0.1) is 15.7 Å². The van der Waals surface area contributed by atoms with Gasteiger partial charge < -0.3 is 14.2 Å². The number of nitriles is 1. The Morgan fingerprint density at radius 2 is 2.19 bits per heavy atom. The predicted octanol–water partition coefficient (Wildman–Crippen LogP) is 4.19. The van der Waals surface area contributed by atoms with E-state index in [0.717, 1.165) is 25.7 Å². The summed E-state index contributed by atoms with van der Waals surface area (Å²) in [7, 11) is 1.77. The largest absolute Gasteiger partial charge is 0.444 e. The highest BCUT2D eigenvalue weighted by atomic mass is 79.9. The van der Waals surface area contributed by atoms with Crippen LogP contribution in [0.2, 0.25) is 0 Å². The predicted molar refractivity (Wildman–Crippen MR) is 97.1 cm³/mol. The number of carbonyl (C=O) groups excluding carboxylic acids is 1. The first-order valence-corrected chi connectivity index (χ1v) is 9.22. The van der Waals surface area contributed by atoms with E-state index in [9.17, 15) is 4.79 Å². The second kappa shape index (κ2) is 7.87. The number of aryl methyl sites for hydroxylation is 1. The molecule has 8 heteroatoms. The van der Waals surface area contributed by atoms with Crippen LogP contribution in [0.1, 0.15) is 42.6 Å². The molecule has 0 atom stereocenters. The maximum absolute atomic E-state index is 12.3. The molecule has 0 radical (unpaired) electrons. The molecule has 0 aromatic carbocycles. The highest BCUT2D eigenvalue weighted by Crippen LogP contribution is 2.28. The van der Waals surface area contributed by atoms with Crippen molar-refractivity contribution >= 4 is 22.0 Å². The fourth-order valence-corrected chi connectivity index (χ4v) is 3.39. The number of halogens is 1. The summed E-state index contributed by atoms with van der Waals surface area (Å²) in [6, 6.07) is 5.71. The quantitative estimate of drug-likeness (QED) is 0.738. The van der Waals surface area contributed by atoms with Gasteiger partial charge in [-0.15, -0.1) is 0 Å². The molecule has 0 spiro atoms. The van der Waals surface area contributed by atoms with Crippen molar-refractivity contribution in [3.63, 3.8) is 0 Å². The summed E-state index contributed by atoms with van der Waals surface area (Å²) in [5.41, 5.74) is 2.00. The van der Waals surface area contributed by atoms with Gasteiger partial charge in [-0.05, 0) is 47.8 Å². The minimum Gasteiger partial charge on any atom is -0.444 e. The monoisotopic (exact) mass is 418 g/mol. The van der Waals surface area contributed by atoms with Gasteiger partial charge in [0.1, 0.15) is 18.4 Å². The molecule has 3 rings (SSSR count). The average Bonchev–Trinajstić information content (AvgIpc) is 3.29. The topological polar surface area (TPSA) is 92.2 Å². The van der Waals surface area contributed by atoms with Crippen LogP contribution in [0.5, 0.6) is 0 Å². The smallest absolute Gasteiger partial charge is 0.410 e. The molecule has 2 heterocycles. The van der Waals surface area contributed by atoms with Crippen molar-refractivity contribution in [3.05, 3.63) is 33.6 Å². The first kappa shape index (κ1) is 18.4. The van der Waals surface area contributed by atoms with Crippen molar-refractivity contribution in [1.29, 1.82) is 5.26 Å². The van der Waals surface area contributed by atoms with E-state index >= 15 is 0 Å². The minimum atomic E-state index is -0.357. The highest BCUT2D eigenvalue weighted by Gasteiger charge is 2.25. The number of aromatic nitrogens is 2. The van der Waals surface area contributed by atoms with E-state index in [2.05, 4.69) is 26.1 Å². The van der Waals surface area contributed by atoms with Crippen LogP contribution in [-0.4, -0.2) is 34.2 Å². The van der Waals surface area contributed by atoms with Crippen molar-refractivity contribution in [1.82, 2.24) is 15.0 Å². The zero-order chi connectivity index (χ0) is 18.7. The molecule has 1 fully saturated rings. The van der Waals surface area contributed by atoms with Crippen molar-refractivity contribution in [2.45, 2.75) is 45.3 Å². The summed E-state index contributed by atoms with van der Waals surface area (Å²) in [5, 5.41) is 13.1. The molecular formula is C18H19BrN4O3. The fraction of sp³-hybridized carbons (Fsp3) is 0.444. The summed E-state index contributed by atoms with van der Waals surface area (Å²) in [5.74, 6) is 0.405. The summed E-state index contributed by atoms with van der Waals surface area (Å²) in [4.78, 5) is 18.3. The Labute approximate surface area is 160 Å². The third kappa shape index (κ3) is 3.73. The van der Waals surface area contributed by atoms with E-state index in [0.29, 0.717) is 27.2 Å². The molecule has 1 amide bonds. The molecule has 136 valence electrons. The van der Waals surface area contributed by atoms with Crippen LogP contribution in [0, 0.1) is 18.3 Å². The maximum Gasteiger partial charge on any atom is 0.410 e. The number of carbonyl (C=O) groups is 1. The van der Waals surface area contributed by atoms with Gasteiger partial charge in [0.15, 0.2) is 11.5 Å². The number of hydrogen-bond donors (Lipinski definition) is 0. The van der Waals surface area contributed by atoms with Crippen molar-refractivity contribution in [3.8, 4) is 17.5 Å². The molecule has 2 aromatic rings. The lowest BCUT2D eigenvalue weighted by atomic mass is 10.1. The Hall–Kier alpha value is -2.40. The molecule has 0 aliphatic heterocycles. The van der Waals surface area contributed by atoms with E-state index in [-0.39, 0.29) is 24.4 Å². The van der Waals surface area contributed by atoms with Crippen LogP contribution in [0.3, 0.4) is 0 Å². The second-order valence-corrected chi connectivity index (χ2v) is 7.17. The van der Waals surface area contributed by atoms with Crippen LogP contribution in [0.25, 0.3) is 11.5 Å². The molecule has 1 aliphatic carbocycles. The zero-order valence-corrected chi connectivity index (χ0v) is 16.2. The van der Waals surface area contributed by atoms with Gasteiger partial charge in [-0.25, -0.2) is 9.78 Å². The number of amides is 1. The lowest BCUT2D eigenvalue weighted by Gasteiger charge is -2.23. The van der Waals surface area contributed by atoms with Gasteiger partial charge in [-0.2, -0.15) is 5.26 Å². The van der Waals surface area contributed by atoms with E-state index in [1.807, 2.05) is 6.07 Å². The summed E-state index contributed by atoms with van der Waals surface area (Å²) < 4.78 is 11.4. The molecule has 0 bridgehead atoms. The van der Waals surface area contributed by atoms with Crippen molar-refractivity contribution < 1.29 is 14.1 Å². The van der Waals surface area contributed by atoms with Crippen LogP contribution in [-0.2, 0) is 11.3 Å². The van der Waals surface area contributed by atoms with Crippen molar-refractivity contribution in [2.75, 3.05) is 7.05 Å². The van der Waals surface area contributed by atoms with Crippen LogP contribution in [0.15, 0.2) is 21.1 Å².